The van der Waals surface area contributed by atoms with E-state index in [9.17, 15) is 8.42 Å². The van der Waals surface area contributed by atoms with E-state index in [2.05, 4.69) is 21.1 Å². The molecule has 0 aliphatic heterocycles. The molecule has 9 nitrogen and oxygen atoms in total. The summed E-state index contributed by atoms with van der Waals surface area (Å²) in [6.45, 7) is 0. The zero-order chi connectivity index (χ0) is 22.7. The van der Waals surface area contributed by atoms with Crippen LogP contribution < -0.4 is 10.0 Å². The van der Waals surface area contributed by atoms with Crippen LogP contribution in [0.5, 0.6) is 0 Å². The fourth-order valence-electron chi connectivity index (χ4n) is 4.08. The molecule has 1 aliphatic rings. The Hall–Kier alpha value is -3.00. The zero-order valence-corrected chi connectivity index (χ0v) is 19.0. The summed E-state index contributed by atoms with van der Waals surface area (Å²) in [5, 5.41) is 13.5. The Morgan fingerprint density at radius 3 is 2.62 bits per heavy atom. The second-order valence-electron chi connectivity index (χ2n) is 8.21. The molecule has 2 N–H and O–H groups in total. The predicted octanol–water partition coefficient (Wildman–Crippen LogP) is 2.61. The number of fused-ring (bicyclic) bond motifs is 1. The fourth-order valence-corrected chi connectivity index (χ4v) is 4.95. The molecule has 1 aliphatic carbocycles. The summed E-state index contributed by atoms with van der Waals surface area (Å²) in [6, 6.07) is 12.2. The lowest BCUT2D eigenvalue weighted by atomic mass is 9.92. The Kier molecular flexibility index (Phi) is 6.41. The van der Waals surface area contributed by atoms with Gasteiger partial charge in [-0.25, -0.2) is 4.98 Å². The van der Waals surface area contributed by atoms with Crippen molar-refractivity contribution in [1.29, 1.82) is 5.26 Å². The first-order chi connectivity index (χ1) is 15.4. The van der Waals surface area contributed by atoms with Crippen LogP contribution in [-0.4, -0.2) is 53.4 Å². The van der Waals surface area contributed by atoms with Gasteiger partial charge in [0.1, 0.15) is 5.82 Å². The number of benzene rings is 1. The molecule has 0 saturated heterocycles. The summed E-state index contributed by atoms with van der Waals surface area (Å²) in [4.78, 5) is 9.07. The van der Waals surface area contributed by atoms with Crippen molar-refractivity contribution in [2.75, 3.05) is 19.4 Å². The minimum atomic E-state index is -3.41. The van der Waals surface area contributed by atoms with Crippen LogP contribution in [0.3, 0.4) is 0 Å². The lowest BCUT2D eigenvalue weighted by molar-refractivity contribution is 0.378. The van der Waals surface area contributed by atoms with Gasteiger partial charge in [-0.2, -0.15) is 27.7 Å². The van der Waals surface area contributed by atoms with Gasteiger partial charge in [0, 0.05) is 44.0 Å². The highest BCUT2D eigenvalue weighted by Crippen LogP contribution is 2.25. The van der Waals surface area contributed by atoms with Gasteiger partial charge in [-0.05, 0) is 49.4 Å². The van der Waals surface area contributed by atoms with Crippen molar-refractivity contribution < 1.29 is 8.42 Å². The second-order valence-corrected chi connectivity index (χ2v) is 10.1. The molecule has 0 unspecified atom stereocenters. The van der Waals surface area contributed by atoms with Crippen molar-refractivity contribution in [3.8, 4) is 11.9 Å². The highest BCUT2D eigenvalue weighted by Gasteiger charge is 2.26. The molecular formula is C22H27N7O2S. The fraction of sp³-hybridized carbons (Fsp3) is 0.409. The number of aromatic nitrogens is 3. The van der Waals surface area contributed by atoms with Crippen molar-refractivity contribution in [2.24, 2.45) is 0 Å². The molecule has 168 valence electrons. The first-order valence-electron chi connectivity index (χ1n) is 10.6. The maximum atomic E-state index is 12.0. The maximum absolute atomic E-state index is 12.0. The first kappa shape index (κ1) is 22.2. The van der Waals surface area contributed by atoms with Gasteiger partial charge in [0.2, 0.25) is 5.95 Å². The van der Waals surface area contributed by atoms with Crippen LogP contribution in [-0.2, 0) is 16.6 Å². The average molecular weight is 454 g/mol. The molecule has 0 amide bonds. The van der Waals surface area contributed by atoms with Gasteiger partial charge in [-0.1, -0.05) is 12.1 Å². The molecule has 1 saturated carbocycles. The number of hydrogen-bond donors (Lipinski definition) is 2. The van der Waals surface area contributed by atoms with Crippen LogP contribution in [0, 0.1) is 11.3 Å². The van der Waals surface area contributed by atoms with Gasteiger partial charge in [-0.15, -0.1) is 0 Å². The summed E-state index contributed by atoms with van der Waals surface area (Å²) in [7, 11) is -0.360. The van der Waals surface area contributed by atoms with E-state index >= 15 is 0 Å². The number of anilines is 1. The van der Waals surface area contributed by atoms with Crippen molar-refractivity contribution in [3.63, 3.8) is 0 Å². The molecule has 2 aromatic heterocycles. The van der Waals surface area contributed by atoms with Crippen LogP contribution in [0.1, 0.15) is 31.2 Å². The number of nitriles is 1. The Bertz CT molecular complexity index is 1240. The summed E-state index contributed by atoms with van der Waals surface area (Å²) in [5.41, 5.74) is 1.99. The number of hydrogen-bond acceptors (Lipinski definition) is 6. The van der Waals surface area contributed by atoms with Crippen LogP contribution in [0.4, 0.5) is 5.95 Å². The van der Waals surface area contributed by atoms with E-state index in [1.165, 1.54) is 18.4 Å². The minimum absolute atomic E-state index is 0.0541. The molecule has 3 aromatic rings. The minimum Gasteiger partial charge on any atom is -0.351 e. The van der Waals surface area contributed by atoms with Crippen molar-refractivity contribution in [2.45, 2.75) is 44.2 Å². The summed E-state index contributed by atoms with van der Waals surface area (Å²) in [6.07, 6.45) is 7.23. The summed E-state index contributed by atoms with van der Waals surface area (Å²) < 4.78 is 30.0. The molecular weight excluding hydrogens is 426 g/mol. The largest absolute Gasteiger partial charge is 0.351 e. The third kappa shape index (κ3) is 4.75. The van der Waals surface area contributed by atoms with E-state index in [0.29, 0.717) is 12.4 Å². The molecule has 2 heterocycles. The average Bonchev–Trinajstić information content (AvgIpc) is 3.20. The molecule has 4 rings (SSSR count). The quantitative estimate of drug-likeness (QED) is 0.568. The molecule has 0 bridgehead atoms. The molecule has 10 heteroatoms. The Labute approximate surface area is 188 Å². The third-order valence-electron chi connectivity index (χ3n) is 5.84. The third-order valence-corrected chi connectivity index (χ3v) is 7.43. The van der Waals surface area contributed by atoms with E-state index in [4.69, 9.17) is 10.2 Å². The van der Waals surface area contributed by atoms with Gasteiger partial charge >= 0.3 is 0 Å². The Morgan fingerprint density at radius 2 is 1.91 bits per heavy atom. The second kappa shape index (κ2) is 9.24. The van der Waals surface area contributed by atoms with Crippen molar-refractivity contribution in [3.05, 3.63) is 48.3 Å². The maximum Gasteiger partial charge on any atom is 0.279 e. The first-order valence-corrected chi connectivity index (χ1v) is 12.1. The lowest BCUT2D eigenvalue weighted by Gasteiger charge is -2.30. The highest BCUT2D eigenvalue weighted by molar-refractivity contribution is 7.87. The van der Waals surface area contributed by atoms with Gasteiger partial charge in [0.05, 0.1) is 18.0 Å². The van der Waals surface area contributed by atoms with Crippen molar-refractivity contribution in [1.82, 2.24) is 23.6 Å². The van der Waals surface area contributed by atoms with E-state index in [-0.39, 0.29) is 12.1 Å². The number of rotatable bonds is 7. The van der Waals surface area contributed by atoms with E-state index < -0.39 is 10.2 Å². The number of nitrogens with zero attached hydrogens (tertiary/aromatic N) is 5. The zero-order valence-electron chi connectivity index (χ0n) is 18.2. The van der Waals surface area contributed by atoms with Gasteiger partial charge in [0.15, 0.2) is 0 Å². The molecule has 32 heavy (non-hydrogen) atoms. The monoisotopic (exact) mass is 453 g/mol. The van der Waals surface area contributed by atoms with Crippen LogP contribution in [0.25, 0.3) is 16.7 Å². The van der Waals surface area contributed by atoms with E-state index in [1.807, 2.05) is 41.1 Å². The van der Waals surface area contributed by atoms with Crippen LogP contribution in [0.2, 0.25) is 0 Å². The summed E-state index contributed by atoms with van der Waals surface area (Å²) >= 11 is 0. The summed E-state index contributed by atoms with van der Waals surface area (Å²) in [5.74, 6) is 1.30. The predicted molar refractivity (Wildman–Crippen MR) is 124 cm³/mol. The van der Waals surface area contributed by atoms with Gasteiger partial charge in [0.25, 0.3) is 10.2 Å². The van der Waals surface area contributed by atoms with E-state index in [0.717, 1.165) is 48.0 Å². The highest BCUT2D eigenvalue weighted by atomic mass is 32.2. The Balaban J connectivity index is 1.45. The van der Waals surface area contributed by atoms with E-state index in [1.54, 1.807) is 6.20 Å². The Morgan fingerprint density at radius 1 is 1.16 bits per heavy atom. The van der Waals surface area contributed by atoms with Crippen molar-refractivity contribution >= 4 is 27.1 Å². The SMILES string of the molecule is CN(C)S(=O)(=O)N[C@H]1CC[C@H](Nc2nccc(-n3ccc4c(CC#N)cccc43)n2)CC1. The van der Waals surface area contributed by atoms with Crippen LogP contribution in [0.15, 0.2) is 42.7 Å². The van der Waals surface area contributed by atoms with Gasteiger partial charge < -0.3 is 9.88 Å². The molecule has 0 spiro atoms. The molecule has 1 aromatic carbocycles. The molecule has 1 fully saturated rings. The van der Waals surface area contributed by atoms with Crippen LogP contribution >= 0.6 is 0 Å². The normalized spacial score (nSPS) is 19.2. The number of nitrogens with one attached hydrogen (secondary N) is 2. The molecule has 0 atom stereocenters. The smallest absolute Gasteiger partial charge is 0.279 e. The van der Waals surface area contributed by atoms with Gasteiger partial charge in [-0.3, -0.25) is 0 Å². The lowest BCUT2D eigenvalue weighted by Crippen LogP contribution is -2.44. The topological polar surface area (TPSA) is 116 Å². The standard InChI is InChI=1S/C22H27N7O2S/c1-28(2)32(30,31)27-18-8-6-17(7-9-18)25-22-24-14-11-21(26-22)29-15-12-19-16(10-13-23)4-3-5-20(19)29/h3-5,11-12,14-15,17-18,27H,6-10H2,1-2H3,(H,24,25,26)/t17-,18-. The molecule has 0 radical (unpaired) electrons.